The molecule has 1 N–H and O–H groups in total. The summed E-state index contributed by atoms with van der Waals surface area (Å²) in [5.41, 5.74) is 2.92. The summed E-state index contributed by atoms with van der Waals surface area (Å²) in [6.45, 7) is 14.2. The van der Waals surface area contributed by atoms with Crippen molar-refractivity contribution >= 4 is 0 Å². The highest BCUT2D eigenvalue weighted by molar-refractivity contribution is 5.28. The minimum atomic E-state index is -0.0851. The highest BCUT2D eigenvalue weighted by Gasteiger charge is 2.22. The van der Waals surface area contributed by atoms with Crippen LogP contribution in [-0.2, 0) is 16.6 Å². The molecule has 0 fully saturated rings. The number of rotatable bonds is 7. The largest absolute Gasteiger partial charge is 0.379 e. The van der Waals surface area contributed by atoms with Gasteiger partial charge in [-0.1, -0.05) is 52.0 Å². The predicted molar refractivity (Wildman–Crippen MR) is 92.0 cm³/mol. The molecule has 0 heterocycles. The molecule has 0 amide bonds. The summed E-state index contributed by atoms with van der Waals surface area (Å²) in [6.07, 6.45) is 2.06. The summed E-state index contributed by atoms with van der Waals surface area (Å²) in [7, 11) is 1.79. The second-order valence-corrected chi connectivity index (χ2v) is 7.57. The molecule has 1 unspecified atom stereocenters. The monoisotopic (exact) mass is 291 g/mol. The van der Waals surface area contributed by atoms with Gasteiger partial charge in [-0.05, 0) is 49.8 Å². The zero-order valence-electron chi connectivity index (χ0n) is 14.9. The fourth-order valence-corrected chi connectivity index (χ4v) is 2.61. The number of hydrogen-bond acceptors (Lipinski definition) is 2. The van der Waals surface area contributed by atoms with E-state index in [1.165, 1.54) is 11.1 Å². The SMILES string of the molecule is CCNC(Cc1ccc(C(C)(C)C)cc1)CC(C)(C)OC. The Morgan fingerprint density at radius 2 is 1.62 bits per heavy atom. The molecule has 0 aromatic heterocycles. The van der Waals surface area contributed by atoms with Crippen LogP contribution in [0.4, 0.5) is 0 Å². The first kappa shape index (κ1) is 18.2. The fraction of sp³-hybridized carbons (Fsp3) is 0.684. The number of methoxy groups -OCH3 is 1. The van der Waals surface area contributed by atoms with Crippen LogP contribution in [0.25, 0.3) is 0 Å². The molecule has 21 heavy (non-hydrogen) atoms. The third-order valence-electron chi connectivity index (χ3n) is 4.09. The molecule has 0 aliphatic heterocycles. The Morgan fingerprint density at radius 3 is 2.05 bits per heavy atom. The minimum absolute atomic E-state index is 0.0851. The van der Waals surface area contributed by atoms with E-state index in [1.54, 1.807) is 7.11 Å². The summed E-state index contributed by atoms with van der Waals surface area (Å²) >= 11 is 0. The average Bonchev–Trinajstić information content (AvgIpc) is 2.38. The predicted octanol–water partition coefficient (Wildman–Crippen LogP) is 4.32. The quantitative estimate of drug-likeness (QED) is 0.808. The van der Waals surface area contributed by atoms with Crippen LogP contribution in [0.15, 0.2) is 24.3 Å². The molecule has 0 radical (unpaired) electrons. The molecule has 2 nitrogen and oxygen atoms in total. The van der Waals surface area contributed by atoms with E-state index >= 15 is 0 Å². The van der Waals surface area contributed by atoms with Gasteiger partial charge < -0.3 is 10.1 Å². The van der Waals surface area contributed by atoms with Crippen LogP contribution in [-0.4, -0.2) is 25.3 Å². The Bertz CT molecular complexity index is 414. The highest BCUT2D eigenvalue weighted by Crippen LogP contribution is 2.23. The summed E-state index contributed by atoms with van der Waals surface area (Å²) in [5, 5.41) is 3.59. The normalized spacial score (nSPS) is 14.2. The van der Waals surface area contributed by atoms with Crippen LogP contribution in [0, 0.1) is 0 Å². The average molecular weight is 291 g/mol. The van der Waals surface area contributed by atoms with E-state index in [0.29, 0.717) is 6.04 Å². The van der Waals surface area contributed by atoms with Crippen LogP contribution < -0.4 is 5.32 Å². The molecular formula is C19H33NO. The summed E-state index contributed by atoms with van der Waals surface area (Å²) in [5.74, 6) is 0. The van der Waals surface area contributed by atoms with Gasteiger partial charge in [0.2, 0.25) is 0 Å². The number of nitrogens with one attached hydrogen (secondary N) is 1. The number of likely N-dealkylation sites (N-methyl/N-ethyl adjacent to an activating group) is 1. The third-order valence-corrected chi connectivity index (χ3v) is 4.09. The summed E-state index contributed by atoms with van der Waals surface area (Å²) in [4.78, 5) is 0. The van der Waals surface area contributed by atoms with Gasteiger partial charge in [0.05, 0.1) is 5.60 Å². The van der Waals surface area contributed by atoms with Gasteiger partial charge in [0.1, 0.15) is 0 Å². The van der Waals surface area contributed by atoms with Gasteiger partial charge in [-0.3, -0.25) is 0 Å². The molecule has 0 aliphatic carbocycles. The second-order valence-electron chi connectivity index (χ2n) is 7.57. The first-order chi connectivity index (χ1) is 9.68. The van der Waals surface area contributed by atoms with E-state index in [1.807, 2.05) is 0 Å². The van der Waals surface area contributed by atoms with Crippen molar-refractivity contribution in [3.8, 4) is 0 Å². The van der Waals surface area contributed by atoms with Crippen molar-refractivity contribution in [2.75, 3.05) is 13.7 Å². The topological polar surface area (TPSA) is 21.3 Å². The van der Waals surface area contributed by atoms with Gasteiger partial charge in [0.25, 0.3) is 0 Å². The molecule has 1 atom stereocenters. The second kappa shape index (κ2) is 7.42. The Morgan fingerprint density at radius 1 is 1.05 bits per heavy atom. The molecule has 0 bridgehead atoms. The van der Waals surface area contributed by atoms with Crippen molar-refractivity contribution < 1.29 is 4.74 Å². The Hall–Kier alpha value is -0.860. The number of ether oxygens (including phenoxy) is 1. The van der Waals surface area contributed by atoms with Crippen LogP contribution >= 0.6 is 0 Å². The molecule has 2 heteroatoms. The third kappa shape index (κ3) is 6.19. The van der Waals surface area contributed by atoms with Gasteiger partial charge in [0.15, 0.2) is 0 Å². The Balaban J connectivity index is 2.75. The van der Waals surface area contributed by atoms with Gasteiger partial charge in [-0.2, -0.15) is 0 Å². The van der Waals surface area contributed by atoms with Crippen molar-refractivity contribution in [1.29, 1.82) is 0 Å². The first-order valence-electron chi connectivity index (χ1n) is 8.06. The van der Waals surface area contributed by atoms with Crippen molar-refractivity contribution in [2.24, 2.45) is 0 Å². The number of benzene rings is 1. The van der Waals surface area contributed by atoms with Crippen LogP contribution in [0.1, 0.15) is 59.1 Å². The molecule has 0 saturated carbocycles. The van der Waals surface area contributed by atoms with E-state index < -0.39 is 0 Å². The maximum absolute atomic E-state index is 5.58. The Kier molecular flexibility index (Phi) is 6.42. The Labute approximate surface area is 131 Å². The van der Waals surface area contributed by atoms with Crippen LogP contribution in [0.3, 0.4) is 0 Å². The van der Waals surface area contributed by atoms with E-state index in [9.17, 15) is 0 Å². The van der Waals surface area contributed by atoms with E-state index in [-0.39, 0.29) is 11.0 Å². The first-order valence-corrected chi connectivity index (χ1v) is 8.06. The molecule has 0 aliphatic rings. The lowest BCUT2D eigenvalue weighted by molar-refractivity contribution is 0.00726. The van der Waals surface area contributed by atoms with E-state index in [4.69, 9.17) is 4.74 Å². The van der Waals surface area contributed by atoms with Gasteiger partial charge in [0, 0.05) is 13.2 Å². The van der Waals surface area contributed by atoms with E-state index in [2.05, 4.69) is 71.1 Å². The standard InChI is InChI=1S/C19H33NO/c1-8-20-17(14-19(5,6)21-7)13-15-9-11-16(12-10-15)18(2,3)4/h9-12,17,20H,8,13-14H2,1-7H3. The van der Waals surface area contributed by atoms with Crippen LogP contribution in [0.2, 0.25) is 0 Å². The lowest BCUT2D eigenvalue weighted by atomic mass is 9.86. The zero-order chi connectivity index (χ0) is 16.1. The zero-order valence-corrected chi connectivity index (χ0v) is 14.9. The maximum atomic E-state index is 5.58. The van der Waals surface area contributed by atoms with Gasteiger partial charge in [-0.25, -0.2) is 0 Å². The highest BCUT2D eigenvalue weighted by atomic mass is 16.5. The number of hydrogen-bond donors (Lipinski definition) is 1. The summed E-state index contributed by atoms with van der Waals surface area (Å²) in [6, 6.07) is 9.51. The smallest absolute Gasteiger partial charge is 0.0637 e. The molecule has 1 aromatic carbocycles. The van der Waals surface area contributed by atoms with Gasteiger partial charge in [-0.15, -0.1) is 0 Å². The summed E-state index contributed by atoms with van der Waals surface area (Å²) < 4.78 is 5.58. The van der Waals surface area contributed by atoms with Crippen molar-refractivity contribution in [3.05, 3.63) is 35.4 Å². The lowest BCUT2D eigenvalue weighted by Gasteiger charge is -2.29. The molecule has 0 saturated heterocycles. The fourth-order valence-electron chi connectivity index (χ4n) is 2.61. The van der Waals surface area contributed by atoms with Crippen molar-refractivity contribution in [2.45, 2.75) is 71.4 Å². The molecule has 1 rings (SSSR count). The minimum Gasteiger partial charge on any atom is -0.379 e. The lowest BCUT2D eigenvalue weighted by Crippen LogP contribution is -2.39. The molecule has 1 aromatic rings. The van der Waals surface area contributed by atoms with Crippen molar-refractivity contribution in [1.82, 2.24) is 5.32 Å². The molecule has 0 spiro atoms. The van der Waals surface area contributed by atoms with Crippen molar-refractivity contribution in [3.63, 3.8) is 0 Å². The van der Waals surface area contributed by atoms with Crippen LogP contribution in [0.5, 0.6) is 0 Å². The molecule has 120 valence electrons. The maximum Gasteiger partial charge on any atom is 0.0637 e. The van der Waals surface area contributed by atoms with Gasteiger partial charge >= 0.3 is 0 Å². The van der Waals surface area contributed by atoms with E-state index in [0.717, 1.165) is 19.4 Å². The molecular weight excluding hydrogens is 258 g/mol.